The average molecular weight is 354 g/mol. The zero-order valence-corrected chi connectivity index (χ0v) is 18.0. The molecule has 0 aliphatic carbocycles. The first-order chi connectivity index (χ1) is 9.77. The predicted octanol–water partition coefficient (Wildman–Crippen LogP) is 4.75. The van der Waals surface area contributed by atoms with Crippen LogP contribution in [0.2, 0.25) is 0 Å². The van der Waals surface area contributed by atoms with Crippen LogP contribution in [0.5, 0.6) is 0 Å². The molecule has 3 N–H and O–H groups in total. The maximum atomic E-state index is 10.3. The van der Waals surface area contributed by atoms with E-state index in [1.54, 1.807) is 0 Å². The molecule has 0 atom stereocenters. The Labute approximate surface area is 171 Å². The molecule has 0 aromatic carbocycles. The molecule has 0 radical (unpaired) electrons. The van der Waals surface area contributed by atoms with E-state index in [0.717, 1.165) is 12.8 Å². The largest absolute Gasteiger partial charge is 3.00 e. The fraction of sp³-hybridized carbons (Fsp3) is 0.944. The Kier molecular flexibility index (Phi) is 37.8. The van der Waals surface area contributed by atoms with E-state index in [4.69, 9.17) is 5.11 Å². The third kappa shape index (κ3) is 31.1. The van der Waals surface area contributed by atoms with Crippen LogP contribution in [0.1, 0.15) is 110 Å². The molecule has 0 saturated carbocycles. The van der Waals surface area contributed by atoms with Crippen LogP contribution in [0.4, 0.5) is 0 Å². The second kappa shape index (κ2) is 27.6. The third-order valence-corrected chi connectivity index (χ3v) is 3.99. The molecule has 3 nitrogen and oxygen atoms in total. The van der Waals surface area contributed by atoms with Crippen molar-refractivity contribution >= 4 is 46.4 Å². The van der Waals surface area contributed by atoms with Crippen molar-refractivity contribution in [1.82, 2.24) is 0 Å². The average Bonchev–Trinajstić information content (AvgIpc) is 2.43. The smallest absolute Gasteiger partial charge is 0.481 e. The Morgan fingerprint density at radius 3 is 1.17 bits per heavy atom. The van der Waals surface area contributed by atoms with Gasteiger partial charge in [0.2, 0.25) is 0 Å². The van der Waals surface area contributed by atoms with E-state index in [0.29, 0.717) is 6.42 Å². The van der Waals surface area contributed by atoms with Crippen molar-refractivity contribution in [2.24, 2.45) is 0 Å². The summed E-state index contributed by atoms with van der Waals surface area (Å²) in [6, 6.07) is 0. The topological polar surface area (TPSA) is 68.8 Å². The van der Waals surface area contributed by atoms with Gasteiger partial charge in [-0.15, -0.1) is 0 Å². The van der Waals surface area contributed by atoms with Crippen molar-refractivity contribution < 1.29 is 15.4 Å². The van der Waals surface area contributed by atoms with E-state index in [1.807, 2.05) is 0 Å². The number of hydrogen-bond donors (Lipinski definition) is 1. The molecule has 0 aliphatic rings. The van der Waals surface area contributed by atoms with Crippen LogP contribution in [-0.4, -0.2) is 57.0 Å². The maximum Gasteiger partial charge on any atom is 3.00 e. The van der Waals surface area contributed by atoms with E-state index in [2.05, 4.69) is 6.92 Å². The minimum absolute atomic E-state index is 0. The van der Waals surface area contributed by atoms with Gasteiger partial charge in [0.25, 0.3) is 0 Å². The summed E-state index contributed by atoms with van der Waals surface area (Å²) in [5.74, 6) is -0.653. The maximum absolute atomic E-state index is 10.3. The molecule has 0 aromatic heterocycles. The van der Waals surface area contributed by atoms with E-state index < -0.39 is 5.97 Å². The van der Waals surface area contributed by atoms with Crippen LogP contribution in [0.3, 0.4) is 0 Å². The Morgan fingerprint density at radius 1 is 0.652 bits per heavy atom. The minimum atomic E-state index is -0.653. The minimum Gasteiger partial charge on any atom is -0.481 e. The molecule has 0 saturated heterocycles. The number of carboxylic acids is 1. The van der Waals surface area contributed by atoms with Crippen LogP contribution in [0, 0.1) is 0 Å². The summed E-state index contributed by atoms with van der Waals surface area (Å²) in [4.78, 5) is 10.3. The summed E-state index contributed by atoms with van der Waals surface area (Å²) in [6.07, 6.45) is 20.2. The summed E-state index contributed by atoms with van der Waals surface area (Å²) in [5, 5.41) is 8.52. The Balaban J connectivity index is -0.000000602. The molecule has 0 fully saturated rings. The summed E-state index contributed by atoms with van der Waals surface area (Å²) in [5.41, 5.74) is 0. The van der Waals surface area contributed by atoms with E-state index >= 15 is 0 Å². The first-order valence-corrected chi connectivity index (χ1v) is 8.99. The molecule has 0 aliphatic heterocycles. The number of aliphatic carboxylic acids is 1. The van der Waals surface area contributed by atoms with Gasteiger partial charge in [-0.05, 0) is 6.42 Å². The van der Waals surface area contributed by atoms with E-state index in [9.17, 15) is 4.79 Å². The van der Waals surface area contributed by atoms with Gasteiger partial charge in [-0.3, -0.25) is 4.79 Å². The number of unbranched alkanes of at least 4 members (excludes halogenated alkanes) is 14. The molecule has 0 aromatic rings. The van der Waals surface area contributed by atoms with Crippen molar-refractivity contribution in [2.75, 3.05) is 0 Å². The molecule has 0 unspecified atom stereocenters. The predicted molar refractivity (Wildman–Crippen MR) is 102 cm³/mol. The van der Waals surface area contributed by atoms with Gasteiger partial charge in [-0.25, -0.2) is 0 Å². The summed E-state index contributed by atoms with van der Waals surface area (Å²) < 4.78 is 0. The molecule has 23 heavy (non-hydrogen) atoms. The Hall–Kier alpha value is 0.729. The Morgan fingerprint density at radius 2 is 0.913 bits per heavy atom. The first kappa shape index (κ1) is 31.5. The van der Waals surface area contributed by atoms with Crippen molar-refractivity contribution in [2.45, 2.75) is 110 Å². The zero-order valence-electron chi connectivity index (χ0n) is 15.5. The second-order valence-electron chi connectivity index (χ2n) is 6.09. The van der Waals surface area contributed by atoms with Crippen molar-refractivity contribution in [3.8, 4) is 0 Å². The molecule has 0 spiro atoms. The quantitative estimate of drug-likeness (QED) is 0.321. The molecule has 0 rings (SSSR count). The summed E-state index contributed by atoms with van der Waals surface area (Å²) in [6.45, 7) is 2.27. The number of hydrogen-bond acceptors (Lipinski definition) is 1. The molecular weight excluding hydrogens is 315 g/mol. The fourth-order valence-electron chi connectivity index (χ4n) is 2.65. The molecule has 0 heterocycles. The molecule has 128 valence electrons. The fourth-order valence-corrected chi connectivity index (χ4v) is 2.65. The van der Waals surface area contributed by atoms with Gasteiger partial charge in [-0.2, -0.15) is 0 Å². The van der Waals surface area contributed by atoms with Gasteiger partial charge in [0.05, 0.1) is 0 Å². The first-order valence-electron chi connectivity index (χ1n) is 8.99. The van der Waals surface area contributed by atoms with Crippen LogP contribution in [-0.2, 0) is 4.79 Å². The van der Waals surface area contributed by atoms with Crippen molar-refractivity contribution in [3.05, 3.63) is 0 Å². The van der Waals surface area contributed by atoms with Crippen molar-refractivity contribution in [3.63, 3.8) is 0 Å². The van der Waals surface area contributed by atoms with Gasteiger partial charge in [-0.1, -0.05) is 96.8 Å². The van der Waals surface area contributed by atoms with Gasteiger partial charge < -0.3 is 10.6 Å². The van der Waals surface area contributed by atoms with Gasteiger partial charge in [0.1, 0.15) is 0 Å². The number of rotatable bonds is 16. The third-order valence-electron chi connectivity index (χ3n) is 3.99. The monoisotopic (exact) mass is 353 g/mol. The molecule has 0 bridgehead atoms. The molecular formula is C18H38AlMgO3+5. The standard InChI is InChI=1S/C18H36O2.Al.Mg.H2O/c1-2-3-4-5-6-7-8-9-10-11-12-13-14-15-16-17-18(19)20;;;/h2-17H2,1H3,(H,19,20);;;1H2/q;+3;+2;. The van der Waals surface area contributed by atoms with Crippen LogP contribution >= 0.6 is 0 Å². The summed E-state index contributed by atoms with van der Waals surface area (Å²) in [7, 11) is 0. The van der Waals surface area contributed by atoms with Crippen molar-refractivity contribution in [1.29, 1.82) is 0 Å². The van der Waals surface area contributed by atoms with Gasteiger partial charge in [0, 0.05) is 6.42 Å². The van der Waals surface area contributed by atoms with Crippen LogP contribution < -0.4 is 0 Å². The number of carboxylic acid groups (broad SMARTS) is 1. The molecule has 0 amide bonds. The van der Waals surface area contributed by atoms with Crippen LogP contribution in [0.15, 0.2) is 0 Å². The Bertz CT molecular complexity index is 216. The second-order valence-corrected chi connectivity index (χ2v) is 6.09. The zero-order chi connectivity index (χ0) is 14.9. The molecule has 5 heteroatoms. The normalized spacial score (nSPS) is 9.43. The SMILES string of the molecule is CCCCCCCCCCCCCCCCCC(=O)O.O.[Al+3].[Mg+2]. The van der Waals surface area contributed by atoms with Gasteiger partial charge >= 0.3 is 46.4 Å². The van der Waals surface area contributed by atoms with E-state index in [-0.39, 0.29) is 45.9 Å². The van der Waals surface area contributed by atoms with Crippen LogP contribution in [0.25, 0.3) is 0 Å². The van der Waals surface area contributed by atoms with Gasteiger partial charge in [0.15, 0.2) is 0 Å². The number of carbonyl (C=O) groups is 1. The van der Waals surface area contributed by atoms with E-state index in [1.165, 1.54) is 83.5 Å². The summed E-state index contributed by atoms with van der Waals surface area (Å²) >= 11 is 0.